The second-order valence-electron chi connectivity index (χ2n) is 7.24. The summed E-state index contributed by atoms with van der Waals surface area (Å²) < 4.78 is 15.2. The number of aromatic nitrogens is 4. The third-order valence-corrected chi connectivity index (χ3v) is 6.29. The maximum absolute atomic E-state index is 13.2. The summed E-state index contributed by atoms with van der Waals surface area (Å²) in [5.41, 5.74) is 1.09. The number of hydrogen-bond donors (Lipinski definition) is 1. The van der Waals surface area contributed by atoms with E-state index in [9.17, 15) is 4.39 Å². The molecule has 0 saturated carbocycles. The number of nitrogens with zero attached hydrogens (tertiary/aromatic N) is 5. The minimum absolute atomic E-state index is 0.186. The third-order valence-electron chi connectivity index (χ3n) is 5.42. The first-order valence-corrected chi connectivity index (χ1v) is 10.8. The molecule has 2 aromatic heterocycles. The number of tetrazole rings is 1. The van der Waals surface area contributed by atoms with Crippen LogP contribution >= 0.6 is 11.3 Å². The highest BCUT2D eigenvalue weighted by molar-refractivity contribution is 7.09. The van der Waals surface area contributed by atoms with Gasteiger partial charge in [-0.15, -0.1) is 16.4 Å². The van der Waals surface area contributed by atoms with Crippen LogP contribution in [0.2, 0.25) is 0 Å². The van der Waals surface area contributed by atoms with Gasteiger partial charge in [-0.3, -0.25) is 0 Å². The minimum atomic E-state index is -0.186. The molecule has 0 spiro atoms. The number of piperazine rings is 1. The van der Waals surface area contributed by atoms with E-state index in [0.717, 1.165) is 57.1 Å². The maximum atomic E-state index is 13.2. The lowest BCUT2D eigenvalue weighted by Crippen LogP contribution is -3.15. The van der Waals surface area contributed by atoms with Gasteiger partial charge in [0.15, 0.2) is 0 Å². The van der Waals surface area contributed by atoms with Crippen LogP contribution in [0.3, 0.4) is 0 Å². The molecule has 0 bridgehead atoms. The van der Waals surface area contributed by atoms with Gasteiger partial charge < -0.3 is 9.80 Å². The fourth-order valence-electron chi connectivity index (χ4n) is 3.98. The Labute approximate surface area is 168 Å². The molecule has 1 aliphatic heterocycles. The Bertz CT molecular complexity index is 855. The highest BCUT2D eigenvalue weighted by Gasteiger charge is 2.32. The standard InChI is InChI=1S/C20H25FN6S/c1-2-4-19(20-22-23-24-27(20)15-18-5-3-14-28-18)26-12-10-25(11-13-26)17-8-6-16(21)7-9-17/h3,5-9,14,19H,2,4,10-13,15H2,1H3/p+1/t19-/m0/s1. The van der Waals surface area contributed by atoms with Crippen molar-refractivity contribution in [2.24, 2.45) is 0 Å². The van der Waals surface area contributed by atoms with Gasteiger partial charge in [0.2, 0.25) is 5.82 Å². The van der Waals surface area contributed by atoms with Crippen LogP contribution in [0.1, 0.15) is 36.5 Å². The van der Waals surface area contributed by atoms with Crippen molar-refractivity contribution in [3.63, 3.8) is 0 Å². The normalized spacial score (nSPS) is 16.4. The number of quaternary nitrogens is 1. The summed E-state index contributed by atoms with van der Waals surface area (Å²) in [5, 5.41) is 14.7. The second-order valence-corrected chi connectivity index (χ2v) is 8.27. The SMILES string of the molecule is CCC[C@@H](c1nnnn1Cc1cccs1)[NH+]1CCN(c2ccc(F)cc2)CC1. The van der Waals surface area contributed by atoms with Crippen molar-refractivity contribution in [1.82, 2.24) is 20.2 Å². The summed E-state index contributed by atoms with van der Waals surface area (Å²) in [4.78, 5) is 5.13. The predicted octanol–water partition coefficient (Wildman–Crippen LogP) is 2.17. The number of anilines is 1. The van der Waals surface area contributed by atoms with E-state index in [2.05, 4.69) is 44.9 Å². The molecule has 0 amide bonds. The van der Waals surface area contributed by atoms with Crippen LogP contribution in [0.25, 0.3) is 0 Å². The van der Waals surface area contributed by atoms with E-state index in [1.165, 1.54) is 21.9 Å². The van der Waals surface area contributed by atoms with Gasteiger partial charge >= 0.3 is 0 Å². The van der Waals surface area contributed by atoms with Crippen molar-refractivity contribution < 1.29 is 9.29 Å². The van der Waals surface area contributed by atoms with Crippen LogP contribution in [-0.4, -0.2) is 46.4 Å². The van der Waals surface area contributed by atoms with Gasteiger partial charge in [0.1, 0.15) is 11.9 Å². The molecule has 148 valence electrons. The smallest absolute Gasteiger partial charge is 0.209 e. The minimum Gasteiger partial charge on any atom is -0.360 e. The lowest BCUT2D eigenvalue weighted by atomic mass is 10.1. The molecule has 1 N–H and O–H groups in total. The largest absolute Gasteiger partial charge is 0.360 e. The number of nitrogens with one attached hydrogen (secondary N) is 1. The lowest BCUT2D eigenvalue weighted by molar-refractivity contribution is -0.933. The molecule has 6 nitrogen and oxygen atoms in total. The average molecular weight is 402 g/mol. The molecule has 8 heteroatoms. The molecule has 1 aromatic carbocycles. The number of rotatable bonds is 7. The Morgan fingerprint density at radius 1 is 1.18 bits per heavy atom. The zero-order valence-electron chi connectivity index (χ0n) is 16.1. The van der Waals surface area contributed by atoms with Crippen molar-refractivity contribution >= 4 is 17.0 Å². The van der Waals surface area contributed by atoms with E-state index in [-0.39, 0.29) is 5.82 Å². The molecule has 0 unspecified atom stereocenters. The van der Waals surface area contributed by atoms with Crippen molar-refractivity contribution in [2.75, 3.05) is 31.1 Å². The Morgan fingerprint density at radius 3 is 2.64 bits per heavy atom. The van der Waals surface area contributed by atoms with E-state index in [1.807, 2.05) is 16.8 Å². The molecule has 0 aliphatic carbocycles. The first-order chi connectivity index (χ1) is 13.7. The quantitative estimate of drug-likeness (QED) is 0.659. The number of hydrogen-bond acceptors (Lipinski definition) is 5. The predicted molar refractivity (Wildman–Crippen MR) is 108 cm³/mol. The molecule has 3 aromatic rings. The highest BCUT2D eigenvalue weighted by atomic mass is 32.1. The fraction of sp³-hybridized carbons (Fsp3) is 0.450. The van der Waals surface area contributed by atoms with Gasteiger partial charge in [-0.2, -0.15) is 0 Å². The van der Waals surface area contributed by atoms with Crippen LogP contribution in [0.5, 0.6) is 0 Å². The molecule has 1 atom stereocenters. The molecular weight excluding hydrogens is 375 g/mol. The van der Waals surface area contributed by atoms with Crippen molar-refractivity contribution in [3.05, 3.63) is 58.3 Å². The Kier molecular flexibility index (Phi) is 5.97. The lowest BCUT2D eigenvalue weighted by Gasteiger charge is -2.37. The van der Waals surface area contributed by atoms with E-state index < -0.39 is 0 Å². The first kappa shape index (κ1) is 19.0. The zero-order valence-corrected chi connectivity index (χ0v) is 16.9. The summed E-state index contributed by atoms with van der Waals surface area (Å²) in [7, 11) is 0. The molecule has 3 heterocycles. The molecule has 1 fully saturated rings. The highest BCUT2D eigenvalue weighted by Crippen LogP contribution is 2.18. The summed E-state index contributed by atoms with van der Waals surface area (Å²) in [6.45, 7) is 6.90. The third kappa shape index (κ3) is 4.23. The van der Waals surface area contributed by atoms with Crippen LogP contribution in [-0.2, 0) is 6.54 Å². The van der Waals surface area contributed by atoms with E-state index >= 15 is 0 Å². The molecule has 28 heavy (non-hydrogen) atoms. The van der Waals surface area contributed by atoms with Gasteiger partial charge in [-0.1, -0.05) is 19.4 Å². The summed E-state index contributed by atoms with van der Waals surface area (Å²) in [6.07, 6.45) is 2.17. The molecule has 1 saturated heterocycles. The number of benzene rings is 1. The summed E-state index contributed by atoms with van der Waals surface area (Å²) in [6, 6.07) is 11.3. The van der Waals surface area contributed by atoms with Crippen LogP contribution < -0.4 is 9.80 Å². The monoisotopic (exact) mass is 401 g/mol. The van der Waals surface area contributed by atoms with Gasteiger partial charge in [-0.25, -0.2) is 9.07 Å². The van der Waals surface area contributed by atoms with Gasteiger partial charge in [0.05, 0.1) is 32.7 Å². The van der Waals surface area contributed by atoms with E-state index in [1.54, 1.807) is 11.3 Å². The van der Waals surface area contributed by atoms with Crippen LogP contribution in [0.4, 0.5) is 10.1 Å². The van der Waals surface area contributed by atoms with Gasteiger partial charge in [0.25, 0.3) is 0 Å². The molecule has 0 radical (unpaired) electrons. The fourth-order valence-corrected chi connectivity index (χ4v) is 4.67. The first-order valence-electron chi connectivity index (χ1n) is 9.88. The Hall–Kier alpha value is -2.32. The Balaban J connectivity index is 1.46. The van der Waals surface area contributed by atoms with Crippen molar-refractivity contribution in [2.45, 2.75) is 32.4 Å². The summed E-state index contributed by atoms with van der Waals surface area (Å²) in [5.74, 6) is 0.800. The van der Waals surface area contributed by atoms with Crippen molar-refractivity contribution in [3.8, 4) is 0 Å². The average Bonchev–Trinajstić information content (AvgIpc) is 3.40. The van der Waals surface area contributed by atoms with Crippen LogP contribution in [0, 0.1) is 5.82 Å². The Morgan fingerprint density at radius 2 is 1.96 bits per heavy atom. The number of thiophene rings is 1. The molecule has 1 aliphatic rings. The maximum Gasteiger partial charge on any atom is 0.209 e. The summed E-state index contributed by atoms with van der Waals surface area (Å²) >= 11 is 1.73. The van der Waals surface area contributed by atoms with Crippen molar-refractivity contribution in [1.29, 1.82) is 0 Å². The second kappa shape index (κ2) is 8.79. The van der Waals surface area contributed by atoms with Gasteiger partial charge in [-0.05, 0) is 46.1 Å². The van der Waals surface area contributed by atoms with E-state index in [0.29, 0.717) is 6.04 Å². The molecular formula is C20H26FN6S+. The topological polar surface area (TPSA) is 51.3 Å². The van der Waals surface area contributed by atoms with Gasteiger partial charge in [0, 0.05) is 17.0 Å². The molecule has 4 rings (SSSR count). The van der Waals surface area contributed by atoms with Crippen LogP contribution in [0.15, 0.2) is 41.8 Å². The van der Waals surface area contributed by atoms with E-state index in [4.69, 9.17) is 0 Å². The zero-order chi connectivity index (χ0) is 19.3. The number of halogens is 1.